The largest absolute Gasteiger partial charge is 0.494 e. The molecular formula is C28H23F5O. The summed E-state index contributed by atoms with van der Waals surface area (Å²) < 4.78 is 75.3. The Labute approximate surface area is 194 Å². The summed E-state index contributed by atoms with van der Waals surface area (Å²) in [5, 5.41) is 1.11. The van der Waals surface area contributed by atoms with Crippen LogP contribution < -0.4 is 4.74 Å². The smallest absolute Gasteiger partial charge is 0.159 e. The van der Waals surface area contributed by atoms with Gasteiger partial charge in [-0.15, -0.1) is 0 Å². The van der Waals surface area contributed by atoms with Crippen LogP contribution in [0.25, 0.3) is 10.8 Å². The van der Waals surface area contributed by atoms with Crippen LogP contribution in [0.15, 0.2) is 60.7 Å². The molecule has 0 saturated heterocycles. The Hall–Kier alpha value is -3.41. The summed E-state index contributed by atoms with van der Waals surface area (Å²) >= 11 is 0. The van der Waals surface area contributed by atoms with Crippen molar-refractivity contribution in [3.8, 4) is 5.75 Å². The predicted molar refractivity (Wildman–Crippen MR) is 123 cm³/mol. The Morgan fingerprint density at radius 1 is 0.618 bits per heavy atom. The first-order valence-electron chi connectivity index (χ1n) is 11.1. The van der Waals surface area contributed by atoms with Gasteiger partial charge in [-0.2, -0.15) is 0 Å². The average molecular weight is 470 g/mol. The zero-order valence-corrected chi connectivity index (χ0v) is 18.6. The number of benzene rings is 4. The molecule has 4 rings (SSSR count). The van der Waals surface area contributed by atoms with Crippen molar-refractivity contribution in [3.05, 3.63) is 112 Å². The second kappa shape index (κ2) is 10.2. The van der Waals surface area contributed by atoms with E-state index in [0.29, 0.717) is 47.8 Å². The SMILES string of the molecule is CCOc1cc(F)c(CCc2ccc3c(F)c(CCc4ccc(F)c(F)c4)ccc3c2)c(F)c1. The Morgan fingerprint density at radius 2 is 1.29 bits per heavy atom. The molecule has 176 valence electrons. The van der Waals surface area contributed by atoms with Gasteiger partial charge in [0, 0.05) is 23.1 Å². The monoisotopic (exact) mass is 470 g/mol. The summed E-state index contributed by atoms with van der Waals surface area (Å²) in [4.78, 5) is 0. The van der Waals surface area contributed by atoms with Gasteiger partial charge in [0.05, 0.1) is 6.61 Å². The minimum Gasteiger partial charge on any atom is -0.494 e. The summed E-state index contributed by atoms with van der Waals surface area (Å²) in [6, 6.07) is 14.7. The molecule has 0 spiro atoms. The van der Waals surface area contributed by atoms with Crippen LogP contribution in [0.3, 0.4) is 0 Å². The zero-order valence-electron chi connectivity index (χ0n) is 18.6. The van der Waals surface area contributed by atoms with Crippen LogP contribution in [0.1, 0.15) is 29.2 Å². The Balaban J connectivity index is 1.48. The van der Waals surface area contributed by atoms with Gasteiger partial charge in [0.2, 0.25) is 0 Å². The number of ether oxygens (including phenoxy) is 1. The molecule has 0 heterocycles. The van der Waals surface area contributed by atoms with Crippen molar-refractivity contribution in [2.45, 2.75) is 32.6 Å². The van der Waals surface area contributed by atoms with Gasteiger partial charge in [0.25, 0.3) is 0 Å². The molecule has 4 aromatic carbocycles. The van der Waals surface area contributed by atoms with Gasteiger partial charge < -0.3 is 4.74 Å². The first-order valence-corrected chi connectivity index (χ1v) is 11.1. The first-order chi connectivity index (χ1) is 16.4. The molecule has 0 fully saturated rings. The van der Waals surface area contributed by atoms with Crippen LogP contribution in [0.4, 0.5) is 22.0 Å². The van der Waals surface area contributed by atoms with E-state index in [4.69, 9.17) is 4.74 Å². The zero-order chi connectivity index (χ0) is 24.2. The lowest BCUT2D eigenvalue weighted by Crippen LogP contribution is -2.02. The normalized spacial score (nSPS) is 11.2. The molecule has 0 aliphatic carbocycles. The minimum atomic E-state index is -0.922. The van der Waals surface area contributed by atoms with E-state index in [9.17, 15) is 17.6 Å². The summed E-state index contributed by atoms with van der Waals surface area (Å²) in [5.41, 5.74) is 1.88. The third-order valence-electron chi connectivity index (χ3n) is 5.85. The first kappa shape index (κ1) is 23.7. The molecule has 0 radical (unpaired) electrons. The fourth-order valence-electron chi connectivity index (χ4n) is 4.05. The van der Waals surface area contributed by atoms with Crippen LogP contribution in [-0.4, -0.2) is 6.61 Å². The van der Waals surface area contributed by atoms with Gasteiger partial charge in [-0.1, -0.05) is 36.4 Å². The van der Waals surface area contributed by atoms with E-state index in [1.807, 2.05) is 6.07 Å². The topological polar surface area (TPSA) is 9.23 Å². The molecule has 0 aliphatic rings. The molecule has 1 nitrogen and oxygen atoms in total. The van der Waals surface area contributed by atoms with Crippen LogP contribution >= 0.6 is 0 Å². The van der Waals surface area contributed by atoms with Crippen LogP contribution in [0.2, 0.25) is 0 Å². The van der Waals surface area contributed by atoms with Gasteiger partial charge in [0.15, 0.2) is 11.6 Å². The third-order valence-corrected chi connectivity index (χ3v) is 5.85. The molecule has 34 heavy (non-hydrogen) atoms. The summed E-state index contributed by atoms with van der Waals surface area (Å²) in [6.07, 6.45) is 1.25. The molecule has 0 unspecified atom stereocenters. The van der Waals surface area contributed by atoms with Gasteiger partial charge in [0.1, 0.15) is 23.2 Å². The van der Waals surface area contributed by atoms with Gasteiger partial charge in [-0.3, -0.25) is 0 Å². The number of fused-ring (bicyclic) bond motifs is 1. The molecule has 0 N–H and O–H groups in total. The van der Waals surface area contributed by atoms with E-state index in [1.165, 1.54) is 18.2 Å². The molecule has 4 aromatic rings. The molecule has 0 aliphatic heterocycles. The highest BCUT2D eigenvalue weighted by molar-refractivity contribution is 5.84. The second-order valence-electron chi connectivity index (χ2n) is 8.14. The summed E-state index contributed by atoms with van der Waals surface area (Å²) in [5.74, 6) is -3.35. The van der Waals surface area contributed by atoms with Crippen molar-refractivity contribution in [2.75, 3.05) is 6.61 Å². The molecule has 0 atom stereocenters. The Kier molecular flexibility index (Phi) is 7.15. The quantitative estimate of drug-likeness (QED) is 0.242. The highest BCUT2D eigenvalue weighted by Crippen LogP contribution is 2.26. The average Bonchev–Trinajstić information content (AvgIpc) is 2.80. The molecule has 0 saturated carbocycles. The maximum Gasteiger partial charge on any atom is 0.159 e. The predicted octanol–water partition coefficient (Wildman–Crippen LogP) is 7.50. The summed E-state index contributed by atoms with van der Waals surface area (Å²) in [7, 11) is 0. The van der Waals surface area contributed by atoms with Crippen LogP contribution in [-0.2, 0) is 25.7 Å². The van der Waals surface area contributed by atoms with Gasteiger partial charge in [-0.05, 0) is 66.8 Å². The molecule has 0 bridgehead atoms. The number of halogens is 5. The van der Waals surface area contributed by atoms with E-state index < -0.39 is 23.3 Å². The number of hydrogen-bond donors (Lipinski definition) is 0. The van der Waals surface area contributed by atoms with Gasteiger partial charge >= 0.3 is 0 Å². The van der Waals surface area contributed by atoms with Crippen LogP contribution in [0, 0.1) is 29.1 Å². The molecule has 0 amide bonds. The van der Waals surface area contributed by atoms with E-state index in [2.05, 4.69) is 0 Å². The lowest BCUT2D eigenvalue weighted by molar-refractivity contribution is 0.335. The van der Waals surface area contributed by atoms with Crippen molar-refractivity contribution >= 4 is 10.8 Å². The van der Waals surface area contributed by atoms with Crippen molar-refractivity contribution in [1.82, 2.24) is 0 Å². The summed E-state index contributed by atoms with van der Waals surface area (Å²) in [6.45, 7) is 2.06. The standard InChI is InChI=1S/C28H23F5O/c1-2-34-21-15-25(30)23(26(31)16-21)11-5-17-4-10-22-20(13-17)9-8-19(28(22)33)7-3-18-6-12-24(29)27(32)14-18/h4,6,8-10,12-16H,2-3,5,7,11H2,1H3. The fourth-order valence-corrected chi connectivity index (χ4v) is 4.05. The lowest BCUT2D eigenvalue weighted by atomic mass is 9.97. The number of aryl methyl sites for hydroxylation is 3. The van der Waals surface area contributed by atoms with Crippen molar-refractivity contribution < 1.29 is 26.7 Å². The minimum absolute atomic E-state index is 0.0118. The van der Waals surface area contributed by atoms with Crippen molar-refractivity contribution in [1.29, 1.82) is 0 Å². The highest BCUT2D eigenvalue weighted by Gasteiger charge is 2.13. The second-order valence-corrected chi connectivity index (χ2v) is 8.14. The number of hydrogen-bond acceptors (Lipinski definition) is 1. The maximum absolute atomic E-state index is 15.1. The molecular weight excluding hydrogens is 447 g/mol. The fraction of sp³-hybridized carbons (Fsp3) is 0.214. The lowest BCUT2D eigenvalue weighted by Gasteiger charge is -2.11. The van der Waals surface area contributed by atoms with Crippen molar-refractivity contribution in [2.24, 2.45) is 0 Å². The van der Waals surface area contributed by atoms with E-state index in [-0.39, 0.29) is 23.6 Å². The van der Waals surface area contributed by atoms with Gasteiger partial charge in [-0.25, -0.2) is 22.0 Å². The Morgan fingerprint density at radius 3 is 2.00 bits per heavy atom. The molecule has 0 aromatic heterocycles. The number of rotatable bonds is 8. The Bertz CT molecular complexity index is 1310. The maximum atomic E-state index is 15.1. The third kappa shape index (κ3) is 5.22. The van der Waals surface area contributed by atoms with Crippen LogP contribution in [0.5, 0.6) is 5.75 Å². The molecule has 6 heteroatoms. The highest BCUT2D eigenvalue weighted by atomic mass is 19.2. The van der Waals surface area contributed by atoms with Crippen molar-refractivity contribution in [3.63, 3.8) is 0 Å². The van der Waals surface area contributed by atoms with E-state index in [0.717, 1.165) is 17.7 Å². The van der Waals surface area contributed by atoms with E-state index in [1.54, 1.807) is 31.2 Å². The van der Waals surface area contributed by atoms with E-state index >= 15 is 4.39 Å².